The maximum atomic E-state index is 12.3. The average Bonchev–Trinajstić information content (AvgIpc) is 2.45. The van der Waals surface area contributed by atoms with Gasteiger partial charge in [-0.05, 0) is 67.8 Å². The molecule has 8 nitrogen and oxygen atoms in total. The zero-order valence-corrected chi connectivity index (χ0v) is 19.1. The summed E-state index contributed by atoms with van der Waals surface area (Å²) in [6.45, 7) is 3.86. The van der Waals surface area contributed by atoms with Crippen LogP contribution in [0.3, 0.4) is 0 Å². The van der Waals surface area contributed by atoms with Gasteiger partial charge >= 0.3 is 5.97 Å². The third-order valence-corrected chi connectivity index (χ3v) is 5.65. The van der Waals surface area contributed by atoms with Gasteiger partial charge in [0.2, 0.25) is 17.7 Å². The van der Waals surface area contributed by atoms with Gasteiger partial charge in [0.25, 0.3) is 0 Å². The van der Waals surface area contributed by atoms with Gasteiger partial charge in [-0.1, -0.05) is 0 Å². The van der Waals surface area contributed by atoms with Crippen molar-refractivity contribution < 1.29 is 24.0 Å². The number of nitrogens with one attached hydrogen (secondary N) is 3. The van der Waals surface area contributed by atoms with E-state index < -0.39 is 11.9 Å². The lowest BCUT2D eigenvalue weighted by Gasteiger charge is -2.18. The van der Waals surface area contributed by atoms with Crippen LogP contribution in [0.2, 0.25) is 0 Å². The molecule has 0 saturated heterocycles. The SMILES string of the molecule is CC(=O)NOC(=O)c1c(I)c(NC(C)=O)c(I)c(NC(C)=O)c1I. The highest BCUT2D eigenvalue weighted by Crippen LogP contribution is 2.39. The number of hydrogen-bond acceptors (Lipinski definition) is 5. The fraction of sp³-hybridized carbons (Fsp3) is 0.231. The molecule has 24 heavy (non-hydrogen) atoms. The van der Waals surface area contributed by atoms with Crippen molar-refractivity contribution in [1.82, 2.24) is 5.48 Å². The van der Waals surface area contributed by atoms with Crippen molar-refractivity contribution in [2.75, 3.05) is 10.6 Å². The quantitative estimate of drug-likeness (QED) is 0.338. The van der Waals surface area contributed by atoms with Gasteiger partial charge in [-0.2, -0.15) is 5.48 Å². The van der Waals surface area contributed by atoms with E-state index in [9.17, 15) is 19.2 Å². The standard InChI is InChI=1S/C13H12I3N3O5/c1-4(20)17-11-8(14)7(13(23)24-19-6(3)22)9(15)12(10(11)16)18-5(2)21/h1-3H3,(H,17,20)(H,18,21)(H,19,22). The molecule has 130 valence electrons. The first-order valence-electron chi connectivity index (χ1n) is 6.29. The first kappa shape index (κ1) is 21.3. The Morgan fingerprint density at radius 3 is 1.50 bits per heavy atom. The number of anilines is 2. The number of hydroxylamine groups is 1. The topological polar surface area (TPSA) is 114 Å². The highest BCUT2D eigenvalue weighted by Gasteiger charge is 2.27. The predicted molar refractivity (Wildman–Crippen MR) is 112 cm³/mol. The van der Waals surface area contributed by atoms with Crippen molar-refractivity contribution in [3.63, 3.8) is 0 Å². The van der Waals surface area contributed by atoms with Crippen molar-refractivity contribution >= 4 is 103 Å². The summed E-state index contributed by atoms with van der Waals surface area (Å²) < 4.78 is 1.44. The number of hydrogen-bond donors (Lipinski definition) is 3. The zero-order chi connectivity index (χ0) is 18.6. The maximum absolute atomic E-state index is 12.3. The van der Waals surface area contributed by atoms with Gasteiger partial charge in [0.1, 0.15) is 0 Å². The Balaban J connectivity index is 3.55. The number of rotatable bonds is 3. The molecule has 1 aromatic carbocycles. The number of halogens is 3. The molecule has 0 aliphatic carbocycles. The monoisotopic (exact) mass is 671 g/mol. The average molecular weight is 671 g/mol. The highest BCUT2D eigenvalue weighted by molar-refractivity contribution is 14.1. The van der Waals surface area contributed by atoms with E-state index in [0.717, 1.165) is 0 Å². The molecular weight excluding hydrogens is 659 g/mol. The lowest BCUT2D eigenvalue weighted by Crippen LogP contribution is -2.26. The number of carbonyl (C=O) groups excluding carboxylic acids is 4. The van der Waals surface area contributed by atoms with Crippen molar-refractivity contribution in [1.29, 1.82) is 0 Å². The normalized spacial score (nSPS) is 9.92. The van der Waals surface area contributed by atoms with Crippen LogP contribution in [0.5, 0.6) is 0 Å². The van der Waals surface area contributed by atoms with E-state index in [0.29, 0.717) is 22.1 Å². The van der Waals surface area contributed by atoms with Crippen LogP contribution in [-0.4, -0.2) is 23.7 Å². The fourth-order valence-electron chi connectivity index (χ4n) is 1.58. The van der Waals surface area contributed by atoms with Crippen LogP contribution in [-0.2, 0) is 19.2 Å². The third kappa shape index (κ3) is 5.40. The fourth-order valence-corrected chi connectivity index (χ4v) is 5.73. The Kier molecular flexibility index (Phi) is 8.10. The molecule has 0 atom stereocenters. The van der Waals surface area contributed by atoms with Crippen molar-refractivity contribution in [2.24, 2.45) is 0 Å². The second-order valence-corrected chi connectivity index (χ2v) is 7.71. The van der Waals surface area contributed by atoms with E-state index in [1.54, 1.807) is 0 Å². The van der Waals surface area contributed by atoms with Gasteiger partial charge in [0.15, 0.2) is 0 Å². The largest absolute Gasteiger partial charge is 0.365 e. The molecule has 0 aromatic heterocycles. The Bertz CT molecular complexity index is 693. The lowest BCUT2D eigenvalue weighted by atomic mass is 10.1. The Morgan fingerprint density at radius 1 is 0.750 bits per heavy atom. The summed E-state index contributed by atoms with van der Waals surface area (Å²) >= 11 is 5.77. The molecule has 11 heteroatoms. The molecule has 0 unspecified atom stereocenters. The summed E-state index contributed by atoms with van der Waals surface area (Å²) in [5.74, 6) is -2.01. The van der Waals surface area contributed by atoms with E-state index in [1.165, 1.54) is 20.8 Å². The van der Waals surface area contributed by atoms with Crippen LogP contribution < -0.4 is 16.1 Å². The van der Waals surface area contributed by atoms with Gasteiger partial charge in [-0.3, -0.25) is 14.4 Å². The second kappa shape index (κ2) is 9.12. The summed E-state index contributed by atoms with van der Waals surface area (Å²) in [5, 5.41) is 5.28. The molecule has 3 amide bonds. The Labute approximate surface area is 178 Å². The predicted octanol–water partition coefficient (Wildman–Crippen LogP) is 2.63. The van der Waals surface area contributed by atoms with E-state index in [4.69, 9.17) is 4.84 Å². The molecule has 1 aromatic rings. The molecule has 0 aliphatic heterocycles. The van der Waals surface area contributed by atoms with Crippen molar-refractivity contribution in [3.05, 3.63) is 16.3 Å². The Hall–Kier alpha value is -0.710. The summed E-state index contributed by atoms with van der Waals surface area (Å²) in [6, 6.07) is 0. The number of benzene rings is 1. The van der Waals surface area contributed by atoms with Crippen molar-refractivity contribution in [2.45, 2.75) is 20.8 Å². The van der Waals surface area contributed by atoms with Crippen LogP contribution in [0.15, 0.2) is 0 Å². The van der Waals surface area contributed by atoms with E-state index in [2.05, 4.69) is 10.6 Å². The second-order valence-electron chi connectivity index (χ2n) is 4.48. The highest BCUT2D eigenvalue weighted by atomic mass is 127. The third-order valence-electron chi connectivity index (χ3n) is 2.41. The van der Waals surface area contributed by atoms with E-state index in [1.807, 2.05) is 73.3 Å². The molecule has 0 heterocycles. The smallest absolute Gasteiger partial charge is 0.335 e. The molecule has 0 spiro atoms. The first-order valence-corrected chi connectivity index (χ1v) is 9.53. The summed E-state index contributed by atoms with van der Waals surface area (Å²) in [7, 11) is 0. The van der Waals surface area contributed by atoms with Gasteiger partial charge < -0.3 is 15.5 Å². The minimum Gasteiger partial charge on any atom is -0.335 e. The molecule has 0 radical (unpaired) electrons. The van der Waals surface area contributed by atoms with E-state index >= 15 is 0 Å². The zero-order valence-electron chi connectivity index (χ0n) is 12.7. The molecule has 1 rings (SSSR count). The molecule has 0 fully saturated rings. The van der Waals surface area contributed by atoms with Gasteiger partial charge in [-0.15, -0.1) is 0 Å². The van der Waals surface area contributed by atoms with Crippen LogP contribution in [0.4, 0.5) is 11.4 Å². The van der Waals surface area contributed by atoms with Crippen LogP contribution >= 0.6 is 67.8 Å². The summed E-state index contributed by atoms with van der Waals surface area (Å²) in [6.07, 6.45) is 0. The summed E-state index contributed by atoms with van der Waals surface area (Å²) in [4.78, 5) is 50.9. The van der Waals surface area contributed by atoms with Gasteiger partial charge in [-0.25, -0.2) is 4.79 Å². The minimum atomic E-state index is -0.811. The van der Waals surface area contributed by atoms with Crippen LogP contribution in [0, 0.1) is 10.7 Å². The van der Waals surface area contributed by atoms with Gasteiger partial charge in [0, 0.05) is 20.8 Å². The molecular formula is C13H12I3N3O5. The van der Waals surface area contributed by atoms with Crippen molar-refractivity contribution in [3.8, 4) is 0 Å². The summed E-state index contributed by atoms with van der Waals surface area (Å²) in [5.41, 5.74) is 2.84. The maximum Gasteiger partial charge on any atom is 0.365 e. The lowest BCUT2D eigenvalue weighted by molar-refractivity contribution is -0.127. The molecule has 0 aliphatic rings. The number of carbonyl (C=O) groups is 4. The van der Waals surface area contributed by atoms with Gasteiger partial charge in [0.05, 0.1) is 27.6 Å². The number of amides is 3. The first-order chi connectivity index (χ1) is 11.1. The Morgan fingerprint density at radius 2 is 1.17 bits per heavy atom. The van der Waals surface area contributed by atoms with E-state index in [-0.39, 0.29) is 17.4 Å². The minimum absolute atomic E-state index is 0.123. The molecule has 0 bridgehead atoms. The van der Waals surface area contributed by atoms with Crippen LogP contribution in [0.25, 0.3) is 0 Å². The molecule has 3 N–H and O–H groups in total. The van der Waals surface area contributed by atoms with Crippen LogP contribution in [0.1, 0.15) is 31.1 Å². The molecule has 0 saturated carbocycles.